The van der Waals surface area contributed by atoms with Crippen LogP contribution in [0.3, 0.4) is 0 Å². The maximum absolute atomic E-state index is 2.32. The molecule has 4 heteroatoms. The van der Waals surface area contributed by atoms with Crippen LogP contribution in [0.2, 0.25) is 0 Å². The van der Waals surface area contributed by atoms with Gasteiger partial charge in [-0.1, -0.05) is 133 Å². The van der Waals surface area contributed by atoms with Crippen LogP contribution in [-0.4, -0.2) is 11.5 Å². The quantitative estimate of drug-likeness (QED) is 0.200. The van der Waals surface area contributed by atoms with E-state index in [1.54, 1.807) is 0 Å². The van der Waals surface area contributed by atoms with E-state index in [1.807, 2.05) is 47.0 Å². The van der Waals surface area contributed by atoms with Crippen LogP contribution >= 0.6 is 47.0 Å². The Kier molecular flexibility index (Phi) is 6.89. The van der Waals surface area contributed by atoms with Gasteiger partial charge in [0.1, 0.15) is 0 Å². The molecule has 0 aromatic heterocycles. The minimum Gasteiger partial charge on any atom is -0.116 e. The second-order valence-corrected chi connectivity index (χ2v) is 14.3. The number of thioether (sulfide) groups is 4. The molecule has 0 unspecified atom stereocenters. The zero-order valence-corrected chi connectivity index (χ0v) is 23.9. The van der Waals surface area contributed by atoms with Gasteiger partial charge >= 0.3 is 0 Å². The highest BCUT2D eigenvalue weighted by molar-refractivity contribution is 8.41. The number of hydrogen-bond donors (Lipinski definition) is 0. The highest BCUT2D eigenvalue weighted by Crippen LogP contribution is 2.59. The van der Waals surface area contributed by atoms with Crippen molar-refractivity contribution >= 4 is 76.9 Å². The first kappa shape index (κ1) is 24.3. The molecule has 0 saturated heterocycles. The molecule has 0 atom stereocenters. The predicted octanol–water partition coefficient (Wildman–Crippen LogP) is 10.8. The second-order valence-electron chi connectivity index (χ2n) is 9.26. The summed E-state index contributed by atoms with van der Waals surface area (Å²) in [5, 5.41) is 0. The SMILES string of the molecule is C(=C1SC2=C(SCCS2)S1)c1ccc(/C=C/c2ccc(C=C3c4ccccc4-c4ccccc43)cc2)cc1. The Balaban J connectivity index is 1.05. The molecular formula is C34H24S4. The second kappa shape index (κ2) is 10.8. The smallest absolute Gasteiger partial charge is 0.0660 e. The van der Waals surface area contributed by atoms with Gasteiger partial charge in [0.15, 0.2) is 0 Å². The summed E-state index contributed by atoms with van der Waals surface area (Å²) in [4.78, 5) is 0. The molecule has 0 saturated carbocycles. The zero-order chi connectivity index (χ0) is 25.3. The predicted molar refractivity (Wildman–Crippen MR) is 176 cm³/mol. The van der Waals surface area contributed by atoms with E-state index in [0.29, 0.717) is 0 Å². The fourth-order valence-electron chi connectivity index (χ4n) is 4.90. The summed E-state index contributed by atoms with van der Waals surface area (Å²) in [6, 6.07) is 35.1. The first-order chi connectivity index (χ1) is 18.8. The maximum atomic E-state index is 2.32. The van der Waals surface area contributed by atoms with Gasteiger partial charge in [-0.05, 0) is 62.2 Å². The molecule has 2 heterocycles. The van der Waals surface area contributed by atoms with Gasteiger partial charge in [0.05, 0.1) is 12.7 Å². The van der Waals surface area contributed by atoms with E-state index in [1.165, 1.54) is 74.3 Å². The van der Waals surface area contributed by atoms with Gasteiger partial charge in [-0.2, -0.15) is 0 Å². The average molecular weight is 561 g/mol. The molecule has 0 radical (unpaired) electrons. The van der Waals surface area contributed by atoms with Gasteiger partial charge in [-0.25, -0.2) is 0 Å². The Labute approximate surface area is 241 Å². The van der Waals surface area contributed by atoms with Crippen molar-refractivity contribution in [1.82, 2.24) is 0 Å². The molecule has 0 spiro atoms. The van der Waals surface area contributed by atoms with Gasteiger partial charge in [0.25, 0.3) is 0 Å². The molecular weight excluding hydrogens is 537 g/mol. The molecule has 0 bridgehead atoms. The van der Waals surface area contributed by atoms with Crippen molar-refractivity contribution < 1.29 is 0 Å². The molecule has 0 N–H and O–H groups in total. The Morgan fingerprint density at radius 2 is 0.868 bits per heavy atom. The highest BCUT2D eigenvalue weighted by Gasteiger charge is 2.25. The number of benzene rings is 4. The zero-order valence-electron chi connectivity index (χ0n) is 20.6. The van der Waals surface area contributed by atoms with Crippen LogP contribution in [0, 0.1) is 0 Å². The lowest BCUT2D eigenvalue weighted by Crippen LogP contribution is -1.88. The average Bonchev–Trinajstić information content (AvgIpc) is 3.52. The van der Waals surface area contributed by atoms with E-state index < -0.39 is 0 Å². The molecule has 0 fully saturated rings. The van der Waals surface area contributed by atoms with Crippen LogP contribution in [0.4, 0.5) is 0 Å². The summed E-state index contributed by atoms with van der Waals surface area (Å²) in [5.74, 6) is 2.46. The third-order valence-corrected chi connectivity index (χ3v) is 12.4. The summed E-state index contributed by atoms with van der Waals surface area (Å²) in [7, 11) is 0. The van der Waals surface area contributed by atoms with Crippen molar-refractivity contribution in [1.29, 1.82) is 0 Å². The van der Waals surface area contributed by atoms with E-state index in [4.69, 9.17) is 0 Å². The van der Waals surface area contributed by atoms with Crippen LogP contribution in [0.15, 0.2) is 110 Å². The first-order valence-electron chi connectivity index (χ1n) is 12.7. The molecule has 38 heavy (non-hydrogen) atoms. The molecule has 2 aliphatic heterocycles. The van der Waals surface area contributed by atoms with Crippen molar-refractivity contribution in [2.45, 2.75) is 0 Å². The Hall–Kier alpha value is -2.76. The van der Waals surface area contributed by atoms with Crippen LogP contribution in [0.5, 0.6) is 0 Å². The highest BCUT2D eigenvalue weighted by atomic mass is 32.3. The molecule has 0 amide bonds. The standard InChI is InChI=1S/C34H24S4/c1-3-7-29-27(5-1)28-6-2-4-8-30(28)31(29)21-25-15-11-23(12-16-25)9-10-24-13-17-26(18-14-24)22-32-37-33-34(38-32)36-20-19-35-33/h1-18,21-22H,19-20H2/b10-9+. The lowest BCUT2D eigenvalue weighted by molar-refractivity contribution is 1.56. The minimum absolute atomic E-state index is 1.20. The number of hydrogen-bond acceptors (Lipinski definition) is 4. The minimum atomic E-state index is 1.20. The van der Waals surface area contributed by atoms with Gasteiger partial charge in [0.2, 0.25) is 0 Å². The van der Waals surface area contributed by atoms with Crippen molar-refractivity contribution in [3.63, 3.8) is 0 Å². The van der Waals surface area contributed by atoms with Crippen molar-refractivity contribution in [3.05, 3.63) is 143 Å². The summed E-state index contributed by atoms with van der Waals surface area (Å²) in [5.41, 5.74) is 11.5. The summed E-state index contributed by atoms with van der Waals surface area (Å²) in [6.45, 7) is 0. The van der Waals surface area contributed by atoms with Crippen LogP contribution in [0.25, 0.3) is 41.0 Å². The summed E-state index contributed by atoms with van der Waals surface area (Å²) >= 11 is 7.88. The monoisotopic (exact) mass is 560 g/mol. The van der Waals surface area contributed by atoms with E-state index >= 15 is 0 Å². The largest absolute Gasteiger partial charge is 0.116 e. The first-order valence-corrected chi connectivity index (χ1v) is 16.3. The molecule has 184 valence electrons. The van der Waals surface area contributed by atoms with Crippen molar-refractivity contribution in [2.24, 2.45) is 0 Å². The topological polar surface area (TPSA) is 0 Å². The van der Waals surface area contributed by atoms with E-state index in [2.05, 4.69) is 121 Å². The van der Waals surface area contributed by atoms with Crippen molar-refractivity contribution in [3.8, 4) is 11.1 Å². The molecule has 3 aliphatic rings. The van der Waals surface area contributed by atoms with Crippen LogP contribution in [0.1, 0.15) is 33.4 Å². The molecule has 4 aromatic rings. The lowest BCUT2D eigenvalue weighted by Gasteiger charge is -2.08. The van der Waals surface area contributed by atoms with Gasteiger partial charge in [-0.15, -0.1) is 23.5 Å². The third kappa shape index (κ3) is 4.99. The van der Waals surface area contributed by atoms with Gasteiger partial charge < -0.3 is 0 Å². The van der Waals surface area contributed by atoms with E-state index in [0.717, 1.165) is 0 Å². The summed E-state index contributed by atoms with van der Waals surface area (Å²) < 4.78 is 4.38. The molecule has 7 rings (SSSR count). The van der Waals surface area contributed by atoms with Gasteiger partial charge in [0, 0.05) is 11.5 Å². The number of rotatable bonds is 4. The van der Waals surface area contributed by atoms with E-state index in [9.17, 15) is 0 Å². The Morgan fingerprint density at radius 3 is 1.37 bits per heavy atom. The number of fused-ring (bicyclic) bond motifs is 3. The van der Waals surface area contributed by atoms with E-state index in [-0.39, 0.29) is 0 Å². The maximum Gasteiger partial charge on any atom is 0.0660 e. The lowest BCUT2D eigenvalue weighted by atomic mass is 10.0. The molecule has 1 aliphatic carbocycles. The van der Waals surface area contributed by atoms with Crippen LogP contribution in [-0.2, 0) is 0 Å². The molecule has 0 nitrogen and oxygen atoms in total. The summed E-state index contributed by atoms with van der Waals surface area (Å²) in [6.07, 6.45) is 9.02. The third-order valence-electron chi connectivity index (χ3n) is 6.76. The Bertz CT molecular complexity index is 1570. The molecule has 4 aromatic carbocycles. The van der Waals surface area contributed by atoms with Crippen molar-refractivity contribution in [2.75, 3.05) is 11.5 Å². The van der Waals surface area contributed by atoms with Crippen LogP contribution < -0.4 is 0 Å². The van der Waals surface area contributed by atoms with Gasteiger partial charge in [-0.3, -0.25) is 0 Å². The Morgan fingerprint density at radius 1 is 0.447 bits per heavy atom. The normalized spacial score (nSPS) is 16.0. The fourth-order valence-corrected chi connectivity index (χ4v) is 10.8. The fraction of sp³-hybridized carbons (Fsp3) is 0.0588.